The number of amides is 2. The van der Waals surface area contributed by atoms with Gasteiger partial charge in [-0.3, -0.25) is 19.2 Å². The zero-order chi connectivity index (χ0) is 25.0. The lowest BCUT2D eigenvalue weighted by Gasteiger charge is -2.25. The zero-order valence-electron chi connectivity index (χ0n) is 19.5. The van der Waals surface area contributed by atoms with E-state index in [0.717, 1.165) is 5.56 Å². The lowest BCUT2D eigenvalue weighted by molar-refractivity contribution is -0.122. The molecule has 0 unspecified atom stereocenters. The Kier molecular flexibility index (Phi) is 7.35. The molecular weight excluding hydrogens is 436 g/mol. The number of anilines is 3. The van der Waals surface area contributed by atoms with Crippen LogP contribution >= 0.6 is 0 Å². The highest BCUT2D eigenvalue weighted by atomic mass is 16.3. The van der Waals surface area contributed by atoms with Crippen molar-refractivity contribution >= 4 is 28.9 Å². The summed E-state index contributed by atoms with van der Waals surface area (Å²) in [7, 11) is 3.10. The molecule has 0 heterocycles. The molecule has 0 spiro atoms. The molecule has 0 aliphatic rings. The van der Waals surface area contributed by atoms with Crippen molar-refractivity contribution in [2.24, 2.45) is 5.92 Å². The van der Waals surface area contributed by atoms with Crippen LogP contribution in [0.4, 0.5) is 17.1 Å². The number of hydrogen-bond donors (Lipinski definition) is 4. The van der Waals surface area contributed by atoms with Gasteiger partial charge in [-0.1, -0.05) is 50.2 Å². The number of carbonyl (C=O) groups excluding carboxylic acids is 2. The van der Waals surface area contributed by atoms with Crippen molar-refractivity contribution in [3.8, 4) is 5.75 Å². The summed E-state index contributed by atoms with van der Waals surface area (Å²) in [4.78, 5) is 51.0. The fraction of sp³-hybridized carbons (Fsp3) is 0.280. The zero-order valence-corrected chi connectivity index (χ0v) is 19.5. The van der Waals surface area contributed by atoms with E-state index in [1.165, 1.54) is 17.0 Å². The summed E-state index contributed by atoms with van der Waals surface area (Å²) in [5.41, 5.74) is -0.584. The average molecular weight is 465 g/mol. The highest BCUT2D eigenvalue weighted by Gasteiger charge is 2.29. The number of para-hydroxylation sites is 1. The molecule has 0 aliphatic heterocycles. The van der Waals surface area contributed by atoms with Crippen LogP contribution in [0, 0.1) is 5.92 Å². The molecule has 0 aromatic heterocycles. The maximum Gasteiger partial charge on any atom is 0.257 e. The van der Waals surface area contributed by atoms with Crippen molar-refractivity contribution in [3.05, 3.63) is 80.1 Å². The van der Waals surface area contributed by atoms with E-state index in [9.17, 15) is 24.3 Å². The number of carbonyl (C=O) groups is 2. The standard InChI is InChI=1S/C25H28N4O5/c1-14(2)18(24(33)26-13-15-9-6-5-7-10-15)28-20-19(22(31)23(20)32)27-17-12-8-11-16(21(17)30)25(34)29(3)4/h5-12,14,18,27-28,30H,13H2,1-4H3,(H,26,33)/t18-/m1/s1. The molecule has 0 radical (unpaired) electrons. The second kappa shape index (κ2) is 10.2. The van der Waals surface area contributed by atoms with Crippen molar-refractivity contribution in [1.82, 2.24) is 10.2 Å². The van der Waals surface area contributed by atoms with Crippen LogP contribution in [0.15, 0.2) is 58.1 Å². The van der Waals surface area contributed by atoms with E-state index in [-0.39, 0.29) is 40.2 Å². The molecule has 0 bridgehead atoms. The van der Waals surface area contributed by atoms with Gasteiger partial charge in [-0.25, -0.2) is 0 Å². The summed E-state index contributed by atoms with van der Waals surface area (Å²) >= 11 is 0. The Balaban J connectivity index is 1.81. The van der Waals surface area contributed by atoms with Crippen LogP contribution in [0.2, 0.25) is 0 Å². The first kappa shape index (κ1) is 24.5. The van der Waals surface area contributed by atoms with Crippen LogP contribution in [-0.4, -0.2) is 42.0 Å². The molecule has 9 nitrogen and oxygen atoms in total. The molecule has 1 atom stereocenters. The van der Waals surface area contributed by atoms with Crippen molar-refractivity contribution in [2.45, 2.75) is 26.4 Å². The van der Waals surface area contributed by atoms with Crippen molar-refractivity contribution < 1.29 is 14.7 Å². The van der Waals surface area contributed by atoms with Gasteiger partial charge < -0.3 is 26.0 Å². The molecule has 0 aliphatic carbocycles. The Hall–Kier alpha value is -4.14. The van der Waals surface area contributed by atoms with Gasteiger partial charge in [-0.05, 0) is 23.6 Å². The normalized spacial score (nSPS) is 11.8. The third-order valence-corrected chi connectivity index (χ3v) is 5.40. The second-order valence-electron chi connectivity index (χ2n) is 8.50. The van der Waals surface area contributed by atoms with E-state index < -0.39 is 22.8 Å². The minimum absolute atomic E-state index is 0.0395. The highest BCUT2D eigenvalue weighted by molar-refractivity contribution is 5.99. The first-order valence-corrected chi connectivity index (χ1v) is 10.8. The summed E-state index contributed by atoms with van der Waals surface area (Å²) in [6, 6.07) is 13.1. The SMILES string of the molecule is CC(C)[C@@H](Nc1c(Nc2cccc(C(=O)N(C)C)c2O)c(=O)c1=O)C(=O)NCc1ccccc1. The predicted molar refractivity (Wildman–Crippen MR) is 131 cm³/mol. The topological polar surface area (TPSA) is 128 Å². The maximum atomic E-state index is 12.8. The van der Waals surface area contributed by atoms with Gasteiger partial charge in [0.15, 0.2) is 5.75 Å². The van der Waals surface area contributed by atoms with Gasteiger partial charge in [-0.15, -0.1) is 0 Å². The number of phenolic OH excluding ortho intramolecular Hbond substituents is 1. The molecule has 9 heteroatoms. The number of nitrogens with one attached hydrogen (secondary N) is 3. The molecule has 2 amide bonds. The van der Waals surface area contributed by atoms with Crippen LogP contribution in [0.3, 0.4) is 0 Å². The molecule has 178 valence electrons. The van der Waals surface area contributed by atoms with E-state index >= 15 is 0 Å². The molecular formula is C25H28N4O5. The third kappa shape index (κ3) is 5.09. The molecule has 0 saturated carbocycles. The fourth-order valence-corrected chi connectivity index (χ4v) is 3.43. The summed E-state index contributed by atoms with van der Waals surface area (Å²) in [5, 5.41) is 19.0. The van der Waals surface area contributed by atoms with Crippen LogP contribution in [0.25, 0.3) is 0 Å². The van der Waals surface area contributed by atoms with Crippen LogP contribution in [-0.2, 0) is 11.3 Å². The van der Waals surface area contributed by atoms with E-state index in [0.29, 0.717) is 6.54 Å². The van der Waals surface area contributed by atoms with E-state index in [1.54, 1.807) is 20.2 Å². The van der Waals surface area contributed by atoms with Crippen molar-refractivity contribution in [2.75, 3.05) is 24.7 Å². The van der Waals surface area contributed by atoms with Gasteiger partial charge in [0.1, 0.15) is 17.4 Å². The number of hydrogen-bond acceptors (Lipinski definition) is 7. The lowest BCUT2D eigenvalue weighted by atomic mass is 10.0. The van der Waals surface area contributed by atoms with E-state index in [1.807, 2.05) is 44.2 Å². The summed E-state index contributed by atoms with van der Waals surface area (Å²) in [6.45, 7) is 3.96. The maximum absolute atomic E-state index is 12.8. The molecule has 3 rings (SSSR count). The molecule has 4 N–H and O–H groups in total. The Morgan fingerprint density at radius 1 is 0.941 bits per heavy atom. The number of phenols is 1. The Morgan fingerprint density at radius 3 is 2.21 bits per heavy atom. The van der Waals surface area contributed by atoms with Gasteiger partial charge in [-0.2, -0.15) is 0 Å². The lowest BCUT2D eigenvalue weighted by Crippen LogP contribution is -2.47. The molecule has 34 heavy (non-hydrogen) atoms. The number of benzene rings is 2. The number of rotatable bonds is 9. The van der Waals surface area contributed by atoms with Crippen molar-refractivity contribution in [1.29, 1.82) is 0 Å². The van der Waals surface area contributed by atoms with E-state index in [4.69, 9.17) is 0 Å². The van der Waals surface area contributed by atoms with Crippen LogP contribution in [0.5, 0.6) is 5.75 Å². The van der Waals surface area contributed by atoms with Gasteiger partial charge in [0.05, 0.1) is 11.3 Å². The summed E-state index contributed by atoms with van der Waals surface area (Å²) in [6.07, 6.45) is 0. The fourth-order valence-electron chi connectivity index (χ4n) is 3.43. The Morgan fingerprint density at radius 2 is 1.59 bits per heavy atom. The Labute approximate surface area is 197 Å². The minimum atomic E-state index is -0.779. The summed E-state index contributed by atoms with van der Waals surface area (Å²) < 4.78 is 0. The number of aromatic hydroxyl groups is 1. The second-order valence-corrected chi connectivity index (χ2v) is 8.50. The van der Waals surface area contributed by atoms with Gasteiger partial charge in [0, 0.05) is 20.6 Å². The predicted octanol–water partition coefficient (Wildman–Crippen LogP) is 2.19. The van der Waals surface area contributed by atoms with Crippen LogP contribution in [0.1, 0.15) is 29.8 Å². The molecule has 3 aromatic rings. The average Bonchev–Trinajstić information content (AvgIpc) is 2.82. The Bertz CT molecular complexity index is 1260. The summed E-state index contributed by atoms with van der Waals surface area (Å²) in [5.74, 6) is -1.28. The quantitative estimate of drug-likeness (QED) is 0.282. The first-order valence-electron chi connectivity index (χ1n) is 10.8. The number of nitrogens with zero attached hydrogens (tertiary/aromatic N) is 1. The smallest absolute Gasteiger partial charge is 0.257 e. The van der Waals surface area contributed by atoms with Gasteiger partial charge in [0.2, 0.25) is 5.91 Å². The highest BCUT2D eigenvalue weighted by Crippen LogP contribution is 2.32. The monoisotopic (exact) mass is 464 g/mol. The largest absolute Gasteiger partial charge is 0.505 e. The minimum Gasteiger partial charge on any atom is -0.505 e. The molecule has 3 aromatic carbocycles. The van der Waals surface area contributed by atoms with Gasteiger partial charge >= 0.3 is 0 Å². The molecule has 0 fully saturated rings. The van der Waals surface area contributed by atoms with E-state index in [2.05, 4.69) is 16.0 Å². The van der Waals surface area contributed by atoms with Crippen molar-refractivity contribution in [3.63, 3.8) is 0 Å². The van der Waals surface area contributed by atoms with Crippen LogP contribution < -0.4 is 26.8 Å². The third-order valence-electron chi connectivity index (χ3n) is 5.40. The first-order chi connectivity index (χ1) is 16.1. The van der Waals surface area contributed by atoms with Gasteiger partial charge in [0.25, 0.3) is 16.8 Å². The molecule has 0 saturated heterocycles.